The van der Waals surface area contributed by atoms with Gasteiger partial charge >= 0.3 is 36.2 Å². The molecular formula is C67H99F6N15O23. The summed E-state index contributed by atoms with van der Waals surface area (Å²) in [6.45, 7) is 11.2. The molecule has 11 amide bonds. The summed E-state index contributed by atoms with van der Waals surface area (Å²) in [5, 5.41) is 82.2. The Kier molecular flexibility index (Phi) is 41.8. The lowest BCUT2D eigenvalue weighted by molar-refractivity contribution is -0.193. The van der Waals surface area contributed by atoms with Crippen molar-refractivity contribution in [3.63, 3.8) is 0 Å². The van der Waals surface area contributed by atoms with Crippen molar-refractivity contribution in [2.45, 2.75) is 205 Å². The summed E-state index contributed by atoms with van der Waals surface area (Å²) in [6.07, 6.45) is -19.5. The SMILES string of the molecule is CC[C@H](C)C1NC(=O)[C@@H](CCCN=C(N)N)NC(=O)[C@H](CC(C)C)NC(=O)[C@H]([C@H](O)C(C)C)NC(=O)[C@@H](NC(=O)[C@H](CC(C)C)NC(=O)[C@H](N)CC(=O)OCc2ccccc2)[C@@H](c2ccccc2)OC(=O)[C@H](CO)NC(=O)[C@H]([C@H](O)C(N)=O)NC(=O)CNC(=O)C([C@H](C)O)NC1=O.O=C(O)C(F)(F)F.O=C(O)C(F)(F)F. The van der Waals surface area contributed by atoms with Crippen molar-refractivity contribution in [2.75, 3.05) is 19.7 Å². The van der Waals surface area contributed by atoms with E-state index in [4.69, 9.17) is 52.2 Å². The molecule has 111 heavy (non-hydrogen) atoms. The molecule has 2 aromatic carbocycles. The summed E-state index contributed by atoms with van der Waals surface area (Å²) in [5.41, 5.74) is 23.1. The number of aliphatic hydroxyl groups is 4. The van der Waals surface area contributed by atoms with Crippen LogP contribution >= 0.6 is 0 Å². The summed E-state index contributed by atoms with van der Waals surface area (Å²) in [5.74, 6) is -24.5. The van der Waals surface area contributed by atoms with Gasteiger partial charge in [0.05, 0.1) is 37.8 Å². The van der Waals surface area contributed by atoms with Gasteiger partial charge in [-0.3, -0.25) is 62.5 Å². The van der Waals surface area contributed by atoms with Crippen molar-refractivity contribution in [3.8, 4) is 0 Å². The molecule has 0 radical (unpaired) electrons. The fraction of sp³-hybridized carbons (Fsp3) is 0.582. The molecule has 1 saturated heterocycles. The summed E-state index contributed by atoms with van der Waals surface area (Å²) < 4.78 is 74.7. The normalized spacial score (nSPS) is 22.0. The molecule has 1 heterocycles. The Labute approximate surface area is 632 Å². The fourth-order valence-electron chi connectivity index (χ4n) is 9.70. The van der Waals surface area contributed by atoms with Crippen LogP contribution in [-0.2, 0) is 88.0 Å². The molecule has 24 N–H and O–H groups in total. The zero-order valence-corrected chi connectivity index (χ0v) is 61.9. The standard InChI is InChI=1S/C63H97N15O19.2C2HF3O2/c1-10-33(8)44-58(91)76-45(34(9)80)57(90)69-27-42(81)74-47(50(84)52(65)85)60(93)73-41(28-79)62(95)97-51(36-20-15-12-16-21-36)48(78-56(89)40(25-31(4)5)71-53(86)37(64)26-43(82)96-29-35-18-13-11-14-19-35)61(94)77-46(49(83)32(6)7)59(92)72-39(24-30(2)3)55(88)70-38(54(87)75-44)22-17-23-68-63(66)67;2*3-2(4,5)1(6)7/h11-16,18-21,30-34,37-41,44-51,79-80,83-84H,10,17,22-29,64H2,1-9H3,(H2,65,85)(H,69,90)(H,70,88)(H,71,86)(H,72,92)(H,73,93)(H,74,81)(H,75,87)(H,76,91)(H,77,94)(H,78,89)(H4,66,67,68);2*(H,6,7)/t33-,34-,37+,38+,39-,40-,41-,44?,45?,46-,47-,48-,49+,50-,51+;;/m0../s1. The molecule has 0 spiro atoms. The number of carboxylic acids is 2. The molecule has 0 aromatic heterocycles. The maximum atomic E-state index is 15.5. The third-order valence-corrected chi connectivity index (χ3v) is 15.8. The molecule has 1 aliphatic rings. The van der Waals surface area contributed by atoms with Gasteiger partial charge in [-0.25, -0.2) is 14.4 Å². The van der Waals surface area contributed by atoms with Crippen LogP contribution < -0.4 is 76.1 Å². The first-order valence-electron chi connectivity index (χ1n) is 34.3. The van der Waals surface area contributed by atoms with Gasteiger partial charge in [-0.15, -0.1) is 0 Å². The molecule has 15 atom stereocenters. The first-order chi connectivity index (χ1) is 51.5. The van der Waals surface area contributed by atoms with Crippen molar-refractivity contribution in [3.05, 3.63) is 71.8 Å². The van der Waals surface area contributed by atoms with E-state index in [2.05, 4.69) is 47.5 Å². The second kappa shape index (κ2) is 47.3. The van der Waals surface area contributed by atoms with Gasteiger partial charge in [-0.1, -0.05) is 122 Å². The van der Waals surface area contributed by atoms with Crippen molar-refractivity contribution in [1.82, 2.24) is 53.2 Å². The van der Waals surface area contributed by atoms with Gasteiger partial charge in [-0.05, 0) is 67.4 Å². The number of carboxylic acid groups (broad SMARTS) is 2. The van der Waals surface area contributed by atoms with E-state index in [1.165, 1.54) is 44.2 Å². The van der Waals surface area contributed by atoms with Gasteiger partial charge in [0.15, 0.2) is 24.2 Å². The molecule has 0 bridgehead atoms. The van der Waals surface area contributed by atoms with Crippen LogP contribution in [0.1, 0.15) is 118 Å². The van der Waals surface area contributed by atoms with Crippen molar-refractivity contribution >= 4 is 94.8 Å². The lowest BCUT2D eigenvalue weighted by Crippen LogP contribution is -2.64. The number of primary amides is 1. The summed E-state index contributed by atoms with van der Waals surface area (Å²) in [7, 11) is 0. The van der Waals surface area contributed by atoms with Crippen LogP contribution in [0.25, 0.3) is 0 Å². The van der Waals surface area contributed by atoms with E-state index in [9.17, 15) is 104 Å². The van der Waals surface area contributed by atoms with E-state index in [1.807, 2.05) is 10.6 Å². The van der Waals surface area contributed by atoms with Crippen molar-refractivity contribution < 1.29 is 138 Å². The van der Waals surface area contributed by atoms with Crippen LogP contribution in [-0.4, -0.2) is 236 Å². The van der Waals surface area contributed by atoms with Crippen LogP contribution in [0.4, 0.5) is 26.3 Å². The first-order valence-corrected chi connectivity index (χ1v) is 34.3. The number of benzene rings is 2. The minimum absolute atomic E-state index is 0.0267. The highest BCUT2D eigenvalue weighted by Gasteiger charge is 2.45. The number of hydrogen-bond donors (Lipinski definition) is 20. The number of alkyl halides is 6. The average molecular weight is 1600 g/mol. The number of aliphatic carboxylic acids is 2. The quantitative estimate of drug-likeness (QED) is 0.0148. The smallest absolute Gasteiger partial charge is 0.475 e. The molecule has 622 valence electrons. The van der Waals surface area contributed by atoms with Crippen LogP contribution in [0.5, 0.6) is 0 Å². The molecule has 44 heteroatoms. The molecule has 0 aliphatic carbocycles. The predicted molar refractivity (Wildman–Crippen MR) is 375 cm³/mol. The number of halogens is 6. The summed E-state index contributed by atoms with van der Waals surface area (Å²) >= 11 is 0. The number of hydrogen-bond acceptors (Lipinski definition) is 23. The van der Waals surface area contributed by atoms with Gasteiger partial charge in [-0.2, -0.15) is 26.3 Å². The average Bonchev–Trinajstić information content (AvgIpc) is 0.810. The number of rotatable bonds is 25. The number of nitrogens with two attached hydrogens (primary N) is 4. The maximum Gasteiger partial charge on any atom is 0.490 e. The number of guanidine groups is 1. The lowest BCUT2D eigenvalue weighted by Gasteiger charge is -2.33. The number of ether oxygens (including phenoxy) is 2. The number of nitrogens with one attached hydrogen (secondary N) is 10. The zero-order valence-electron chi connectivity index (χ0n) is 61.9. The first kappa shape index (κ1) is 98.1. The largest absolute Gasteiger partial charge is 0.490 e. The number of amides is 11. The topological polar surface area (TPSA) is 633 Å². The number of aliphatic hydroxyl groups excluding tert-OH is 4. The highest BCUT2D eigenvalue weighted by molar-refractivity contribution is 6.00. The Hall–Kier alpha value is -10.9. The minimum atomic E-state index is -5.08. The Morgan fingerprint density at radius 1 is 0.631 bits per heavy atom. The third-order valence-electron chi connectivity index (χ3n) is 15.8. The fourth-order valence-corrected chi connectivity index (χ4v) is 9.70. The number of cyclic esters (lactones) is 1. The van der Waals surface area contributed by atoms with Gasteiger partial charge in [0, 0.05) is 6.54 Å². The van der Waals surface area contributed by atoms with Crippen LogP contribution in [0.2, 0.25) is 0 Å². The molecule has 2 aromatic rings. The van der Waals surface area contributed by atoms with E-state index >= 15 is 4.79 Å². The van der Waals surface area contributed by atoms with Crippen LogP contribution in [0.3, 0.4) is 0 Å². The number of carbonyl (C=O) groups excluding carboxylic acids is 13. The summed E-state index contributed by atoms with van der Waals surface area (Å²) in [6, 6.07) is -3.34. The third kappa shape index (κ3) is 35.6. The van der Waals surface area contributed by atoms with E-state index in [0.29, 0.717) is 5.56 Å². The Bertz CT molecular complexity index is 3480. The highest BCUT2D eigenvalue weighted by Crippen LogP contribution is 2.25. The molecule has 1 fully saturated rings. The second-order valence-corrected chi connectivity index (χ2v) is 26.4. The minimum Gasteiger partial charge on any atom is -0.475 e. The van der Waals surface area contributed by atoms with E-state index in [1.54, 1.807) is 71.9 Å². The molecular weight excluding hydrogens is 1500 g/mol. The van der Waals surface area contributed by atoms with E-state index in [-0.39, 0.29) is 56.8 Å². The van der Waals surface area contributed by atoms with Crippen LogP contribution in [0, 0.1) is 23.7 Å². The number of aliphatic imine (C=N–C) groups is 1. The molecule has 2 unspecified atom stereocenters. The van der Waals surface area contributed by atoms with Gasteiger partial charge in [0.2, 0.25) is 65.0 Å². The van der Waals surface area contributed by atoms with Crippen molar-refractivity contribution in [1.29, 1.82) is 0 Å². The number of esters is 2. The van der Waals surface area contributed by atoms with Gasteiger partial charge in [0.25, 0.3) is 0 Å². The molecule has 0 saturated carbocycles. The van der Waals surface area contributed by atoms with E-state index < -0.39 is 229 Å². The zero-order chi connectivity index (χ0) is 85.1. The van der Waals surface area contributed by atoms with Gasteiger partial charge in [0.1, 0.15) is 54.9 Å². The number of nitrogens with zero attached hydrogens (tertiary/aromatic N) is 1. The Morgan fingerprint density at radius 2 is 1.13 bits per heavy atom. The lowest BCUT2D eigenvalue weighted by atomic mass is 9.95. The monoisotopic (exact) mass is 1600 g/mol. The maximum absolute atomic E-state index is 15.5. The highest BCUT2D eigenvalue weighted by atomic mass is 19.4. The van der Waals surface area contributed by atoms with E-state index in [0.717, 1.165) is 6.92 Å². The predicted octanol–water partition coefficient (Wildman–Crippen LogP) is -4.08. The van der Waals surface area contributed by atoms with Crippen LogP contribution in [0.15, 0.2) is 65.7 Å². The second-order valence-electron chi connectivity index (χ2n) is 26.4. The molecule has 1 aliphatic heterocycles. The Morgan fingerprint density at radius 3 is 1.61 bits per heavy atom. The van der Waals surface area contributed by atoms with Gasteiger partial charge < -0.3 is 116 Å². The molecule has 38 nitrogen and oxygen atoms in total. The Balaban J connectivity index is 0.00000399. The summed E-state index contributed by atoms with van der Waals surface area (Å²) in [4.78, 5) is 205. The molecule has 3 rings (SSSR count). The van der Waals surface area contributed by atoms with Crippen molar-refractivity contribution in [2.24, 2.45) is 51.6 Å². The number of carbonyl (C=O) groups is 15.